The van der Waals surface area contributed by atoms with Gasteiger partial charge in [0.15, 0.2) is 0 Å². The van der Waals surface area contributed by atoms with Gasteiger partial charge in [-0.3, -0.25) is 4.79 Å². The molecule has 0 bridgehead atoms. The summed E-state index contributed by atoms with van der Waals surface area (Å²) >= 11 is 0. The summed E-state index contributed by atoms with van der Waals surface area (Å²) in [6, 6.07) is 17.4. The zero-order valence-electron chi connectivity index (χ0n) is 11.4. The van der Waals surface area contributed by atoms with Gasteiger partial charge in [-0.2, -0.15) is 0 Å². The Kier molecular flexibility index (Phi) is 3.70. The molecule has 2 aromatic rings. The van der Waals surface area contributed by atoms with Gasteiger partial charge in [0.25, 0.3) is 0 Å². The predicted octanol–water partition coefficient (Wildman–Crippen LogP) is 3.36. The normalized spacial score (nSPS) is 11.3. The van der Waals surface area contributed by atoms with Crippen molar-refractivity contribution in [3.63, 3.8) is 0 Å². The van der Waals surface area contributed by atoms with Crippen LogP contribution in [0.1, 0.15) is 25.0 Å². The molecule has 98 valence electrons. The van der Waals surface area contributed by atoms with Crippen LogP contribution >= 0.6 is 0 Å². The Hall–Kier alpha value is -2.09. The summed E-state index contributed by atoms with van der Waals surface area (Å²) in [5.41, 5.74) is 7.96. The predicted molar refractivity (Wildman–Crippen MR) is 79.0 cm³/mol. The molecule has 0 unspecified atom stereocenters. The second kappa shape index (κ2) is 5.27. The number of nitrogens with two attached hydrogens (primary N) is 1. The SMILES string of the molecule is CC(C)(C(=O)Cc1ccccc1)c1ccc(N)cc1. The van der Waals surface area contributed by atoms with Crippen LogP contribution in [0.3, 0.4) is 0 Å². The zero-order chi connectivity index (χ0) is 13.9. The highest BCUT2D eigenvalue weighted by molar-refractivity contribution is 5.91. The number of benzene rings is 2. The van der Waals surface area contributed by atoms with Crippen LogP contribution in [0, 0.1) is 0 Å². The Morgan fingerprint density at radius 1 is 1.00 bits per heavy atom. The van der Waals surface area contributed by atoms with Crippen LogP contribution in [0.15, 0.2) is 54.6 Å². The van der Waals surface area contributed by atoms with E-state index in [4.69, 9.17) is 5.73 Å². The van der Waals surface area contributed by atoms with Gasteiger partial charge in [-0.1, -0.05) is 42.5 Å². The number of ketones is 1. The van der Waals surface area contributed by atoms with E-state index in [-0.39, 0.29) is 5.78 Å². The Bertz CT molecular complexity index is 556. The lowest BCUT2D eigenvalue weighted by atomic mass is 9.78. The average molecular weight is 253 g/mol. The monoisotopic (exact) mass is 253 g/mol. The molecule has 0 spiro atoms. The molecule has 0 saturated carbocycles. The number of hydrogen-bond acceptors (Lipinski definition) is 2. The number of nitrogen functional groups attached to an aromatic ring is 1. The van der Waals surface area contributed by atoms with E-state index in [1.807, 2.05) is 68.4 Å². The maximum atomic E-state index is 12.5. The molecular weight excluding hydrogens is 234 g/mol. The molecule has 0 aliphatic rings. The van der Waals surface area contributed by atoms with Crippen LogP contribution in [-0.2, 0) is 16.6 Å². The number of carbonyl (C=O) groups excluding carboxylic acids is 1. The van der Waals surface area contributed by atoms with Gasteiger partial charge < -0.3 is 5.73 Å². The lowest BCUT2D eigenvalue weighted by Gasteiger charge is -2.24. The molecule has 0 fully saturated rings. The van der Waals surface area contributed by atoms with E-state index in [9.17, 15) is 4.79 Å². The lowest BCUT2D eigenvalue weighted by molar-refractivity contribution is -0.122. The first-order valence-electron chi connectivity index (χ1n) is 6.43. The van der Waals surface area contributed by atoms with Gasteiger partial charge in [0.05, 0.1) is 0 Å². The van der Waals surface area contributed by atoms with Crippen molar-refractivity contribution in [3.05, 3.63) is 65.7 Å². The van der Waals surface area contributed by atoms with Crippen LogP contribution in [0.2, 0.25) is 0 Å². The molecule has 0 amide bonds. The Morgan fingerprint density at radius 3 is 2.16 bits per heavy atom. The van der Waals surface area contributed by atoms with Crippen molar-refractivity contribution in [1.82, 2.24) is 0 Å². The summed E-state index contributed by atoms with van der Waals surface area (Å²) in [6.07, 6.45) is 0.457. The third-order valence-corrected chi connectivity index (χ3v) is 3.54. The second-order valence-corrected chi connectivity index (χ2v) is 5.33. The number of anilines is 1. The minimum Gasteiger partial charge on any atom is -0.399 e. The van der Waals surface area contributed by atoms with Gasteiger partial charge in [0, 0.05) is 17.5 Å². The first-order valence-corrected chi connectivity index (χ1v) is 6.43. The van der Waals surface area contributed by atoms with Crippen LogP contribution in [-0.4, -0.2) is 5.78 Å². The molecule has 2 heteroatoms. The van der Waals surface area contributed by atoms with E-state index in [1.54, 1.807) is 0 Å². The van der Waals surface area contributed by atoms with Gasteiger partial charge >= 0.3 is 0 Å². The molecule has 0 heterocycles. The Balaban J connectivity index is 2.19. The Labute approximate surface area is 114 Å². The molecule has 0 saturated heterocycles. The highest BCUT2D eigenvalue weighted by Crippen LogP contribution is 2.26. The van der Waals surface area contributed by atoms with Crippen LogP contribution < -0.4 is 5.73 Å². The average Bonchev–Trinajstić information content (AvgIpc) is 2.40. The van der Waals surface area contributed by atoms with E-state index >= 15 is 0 Å². The van der Waals surface area contributed by atoms with Crippen molar-refractivity contribution in [3.8, 4) is 0 Å². The maximum absolute atomic E-state index is 12.5. The van der Waals surface area contributed by atoms with Crippen molar-refractivity contribution in [2.24, 2.45) is 0 Å². The quantitative estimate of drug-likeness (QED) is 0.849. The van der Waals surface area contributed by atoms with E-state index in [2.05, 4.69) is 0 Å². The highest BCUT2D eigenvalue weighted by atomic mass is 16.1. The van der Waals surface area contributed by atoms with Crippen LogP contribution in [0.4, 0.5) is 5.69 Å². The molecule has 2 N–H and O–H groups in total. The third-order valence-electron chi connectivity index (χ3n) is 3.54. The van der Waals surface area contributed by atoms with Crippen molar-refractivity contribution in [2.75, 3.05) is 5.73 Å². The zero-order valence-corrected chi connectivity index (χ0v) is 11.4. The smallest absolute Gasteiger partial charge is 0.147 e. The van der Waals surface area contributed by atoms with Gasteiger partial charge in [-0.15, -0.1) is 0 Å². The largest absolute Gasteiger partial charge is 0.399 e. The minimum absolute atomic E-state index is 0.212. The fourth-order valence-corrected chi connectivity index (χ4v) is 2.06. The summed E-state index contributed by atoms with van der Waals surface area (Å²) < 4.78 is 0. The summed E-state index contributed by atoms with van der Waals surface area (Å²) in [4.78, 5) is 12.5. The Morgan fingerprint density at radius 2 is 1.58 bits per heavy atom. The summed E-state index contributed by atoms with van der Waals surface area (Å²) in [5.74, 6) is 0.212. The summed E-state index contributed by atoms with van der Waals surface area (Å²) in [6.45, 7) is 3.92. The molecule has 0 aliphatic heterocycles. The van der Waals surface area contributed by atoms with Crippen molar-refractivity contribution >= 4 is 11.5 Å². The highest BCUT2D eigenvalue weighted by Gasteiger charge is 2.29. The molecule has 0 aliphatic carbocycles. The van der Waals surface area contributed by atoms with Crippen molar-refractivity contribution in [1.29, 1.82) is 0 Å². The molecule has 2 nitrogen and oxygen atoms in total. The first-order chi connectivity index (χ1) is 9.00. The topological polar surface area (TPSA) is 43.1 Å². The van der Waals surface area contributed by atoms with E-state index in [1.165, 1.54) is 0 Å². The van der Waals surface area contributed by atoms with Gasteiger partial charge in [0.1, 0.15) is 5.78 Å². The number of Topliss-reactive ketones (excluding diaryl/α,β-unsaturated/α-hetero) is 1. The number of rotatable bonds is 4. The molecule has 2 rings (SSSR count). The number of carbonyl (C=O) groups is 1. The number of hydrogen-bond donors (Lipinski definition) is 1. The standard InChI is InChI=1S/C17H19NO/c1-17(2,14-8-10-15(18)11-9-14)16(19)12-13-6-4-3-5-7-13/h3-11H,12,18H2,1-2H3. The van der Waals surface area contributed by atoms with Gasteiger partial charge in [-0.25, -0.2) is 0 Å². The van der Waals surface area contributed by atoms with E-state index in [0.717, 1.165) is 16.8 Å². The molecule has 2 aromatic carbocycles. The van der Waals surface area contributed by atoms with E-state index in [0.29, 0.717) is 6.42 Å². The molecule has 0 atom stereocenters. The molecule has 0 aromatic heterocycles. The fourth-order valence-electron chi connectivity index (χ4n) is 2.06. The lowest BCUT2D eigenvalue weighted by Crippen LogP contribution is -2.30. The third kappa shape index (κ3) is 3.02. The fraction of sp³-hybridized carbons (Fsp3) is 0.235. The van der Waals surface area contributed by atoms with Crippen molar-refractivity contribution < 1.29 is 4.79 Å². The van der Waals surface area contributed by atoms with Gasteiger partial charge in [-0.05, 0) is 37.1 Å². The maximum Gasteiger partial charge on any atom is 0.147 e. The van der Waals surface area contributed by atoms with Crippen LogP contribution in [0.25, 0.3) is 0 Å². The molecule has 0 radical (unpaired) electrons. The van der Waals surface area contributed by atoms with Crippen LogP contribution in [0.5, 0.6) is 0 Å². The summed E-state index contributed by atoms with van der Waals surface area (Å²) in [5, 5.41) is 0. The molecular formula is C17H19NO. The second-order valence-electron chi connectivity index (χ2n) is 5.33. The summed E-state index contributed by atoms with van der Waals surface area (Å²) in [7, 11) is 0. The van der Waals surface area contributed by atoms with Crippen molar-refractivity contribution in [2.45, 2.75) is 25.7 Å². The van der Waals surface area contributed by atoms with Gasteiger partial charge in [0.2, 0.25) is 0 Å². The van der Waals surface area contributed by atoms with E-state index < -0.39 is 5.41 Å². The molecule has 19 heavy (non-hydrogen) atoms. The first kappa shape index (κ1) is 13.3. The minimum atomic E-state index is -0.496.